The fourth-order valence-electron chi connectivity index (χ4n) is 4.63. The maximum absolute atomic E-state index is 15.1. The zero-order chi connectivity index (χ0) is 24.6. The number of ketones is 1. The fourth-order valence-corrected chi connectivity index (χ4v) is 4.63. The number of halogens is 2. The summed E-state index contributed by atoms with van der Waals surface area (Å²) in [5, 5.41) is 3.96. The lowest BCUT2D eigenvalue weighted by Crippen LogP contribution is -2.55. The Hall–Kier alpha value is -3.80. The molecule has 10 nitrogen and oxygen atoms in total. The van der Waals surface area contributed by atoms with Gasteiger partial charge < -0.3 is 15.2 Å². The highest BCUT2D eigenvalue weighted by Gasteiger charge is 2.52. The average Bonchev–Trinajstić information content (AvgIpc) is 3.39. The first-order valence-corrected chi connectivity index (χ1v) is 11.1. The molecule has 0 saturated carbocycles. The Morgan fingerprint density at radius 3 is 2.89 bits per heavy atom. The number of ether oxygens (including phenoxy) is 2. The van der Waals surface area contributed by atoms with Crippen LogP contribution in [0.3, 0.4) is 0 Å². The van der Waals surface area contributed by atoms with E-state index in [1.807, 2.05) is 6.92 Å². The molecular formula is C23H23F2N7O3. The molecule has 0 radical (unpaired) electrons. The number of rotatable bonds is 6. The minimum atomic E-state index is -1.62. The quantitative estimate of drug-likeness (QED) is 0.527. The number of fused-ring (bicyclic) bond motifs is 1. The number of aliphatic imine (C=N–C) groups is 1. The molecular weight excluding hydrogens is 460 g/mol. The highest BCUT2D eigenvalue weighted by molar-refractivity contribution is 5.95. The largest absolute Gasteiger partial charge is 0.462 e. The Bertz CT molecular complexity index is 1250. The summed E-state index contributed by atoms with van der Waals surface area (Å²) in [7, 11) is 0. The zero-order valence-electron chi connectivity index (χ0n) is 18.8. The Kier molecular flexibility index (Phi) is 5.97. The molecule has 2 N–H and O–H groups in total. The van der Waals surface area contributed by atoms with Gasteiger partial charge >= 0.3 is 0 Å². The molecule has 1 fully saturated rings. The monoisotopic (exact) mass is 483 g/mol. The average molecular weight is 483 g/mol. The number of nitrogens with zero attached hydrogens (tertiary/aromatic N) is 6. The molecule has 2 aromatic heterocycles. The van der Waals surface area contributed by atoms with Crippen LogP contribution in [0.1, 0.15) is 35.0 Å². The third-order valence-electron chi connectivity index (χ3n) is 6.41. The number of carbonyl (C=O) groups is 1. The van der Waals surface area contributed by atoms with Gasteiger partial charge in [0.05, 0.1) is 31.0 Å². The molecule has 2 aliphatic heterocycles. The summed E-state index contributed by atoms with van der Waals surface area (Å²) < 4.78 is 42.6. The number of benzene rings is 1. The van der Waals surface area contributed by atoms with Crippen molar-refractivity contribution < 1.29 is 23.0 Å². The number of hydrogen-bond acceptors (Lipinski definition) is 9. The molecule has 0 unspecified atom stereocenters. The molecule has 0 bridgehead atoms. The smallest absolute Gasteiger partial charge is 0.283 e. The van der Waals surface area contributed by atoms with Crippen LogP contribution >= 0.6 is 0 Å². The van der Waals surface area contributed by atoms with E-state index in [1.54, 1.807) is 0 Å². The van der Waals surface area contributed by atoms with Gasteiger partial charge in [-0.3, -0.25) is 4.79 Å². The van der Waals surface area contributed by atoms with Crippen LogP contribution in [0.15, 0.2) is 48.2 Å². The third-order valence-corrected chi connectivity index (χ3v) is 6.41. The van der Waals surface area contributed by atoms with Crippen LogP contribution in [0.2, 0.25) is 0 Å². The number of amidine groups is 1. The van der Waals surface area contributed by atoms with E-state index in [0.717, 1.165) is 0 Å². The maximum Gasteiger partial charge on any atom is 0.283 e. The first-order valence-electron chi connectivity index (χ1n) is 11.1. The van der Waals surface area contributed by atoms with Crippen LogP contribution in [-0.2, 0) is 21.4 Å². The molecule has 2 aliphatic rings. The van der Waals surface area contributed by atoms with Crippen molar-refractivity contribution >= 4 is 11.8 Å². The Balaban J connectivity index is 1.43. The van der Waals surface area contributed by atoms with Gasteiger partial charge in [0.25, 0.3) is 6.02 Å². The van der Waals surface area contributed by atoms with Gasteiger partial charge in [0.1, 0.15) is 42.5 Å². The van der Waals surface area contributed by atoms with E-state index in [2.05, 4.69) is 25.0 Å². The SMILES string of the molecule is C[C@@H]1C[C@H]2OC(N)=N[C@](CF)(c3cc(CC(=O)c4cnc(-n5cncn5)cn4)ccc3F)[C@H]2CO1. The minimum Gasteiger partial charge on any atom is -0.462 e. The lowest BCUT2D eigenvalue weighted by molar-refractivity contribution is -0.109. The topological polar surface area (TPSA) is 130 Å². The van der Waals surface area contributed by atoms with Gasteiger partial charge in [-0.2, -0.15) is 5.10 Å². The molecule has 4 heterocycles. The van der Waals surface area contributed by atoms with Crippen molar-refractivity contribution in [3.8, 4) is 5.82 Å². The number of carbonyl (C=O) groups excluding carboxylic acids is 1. The van der Waals surface area contributed by atoms with Crippen LogP contribution in [0, 0.1) is 11.7 Å². The Labute approximate surface area is 199 Å². The Morgan fingerprint density at radius 1 is 1.31 bits per heavy atom. The molecule has 4 atom stereocenters. The van der Waals surface area contributed by atoms with Crippen LogP contribution in [0.25, 0.3) is 5.82 Å². The van der Waals surface area contributed by atoms with E-state index in [-0.39, 0.29) is 42.2 Å². The minimum absolute atomic E-state index is 0.0114. The number of Topliss-reactive ketones (excluding diaryl/α,β-unsaturated/α-hetero) is 1. The number of aromatic nitrogens is 5. The van der Waals surface area contributed by atoms with Crippen LogP contribution < -0.4 is 5.73 Å². The van der Waals surface area contributed by atoms with Crippen molar-refractivity contribution in [1.29, 1.82) is 0 Å². The van der Waals surface area contributed by atoms with E-state index in [0.29, 0.717) is 17.8 Å². The fraction of sp³-hybridized carbons (Fsp3) is 0.391. The molecule has 182 valence electrons. The first-order chi connectivity index (χ1) is 16.9. The highest BCUT2D eigenvalue weighted by Crippen LogP contribution is 2.45. The predicted molar refractivity (Wildman–Crippen MR) is 119 cm³/mol. The standard InChI is InChI=1S/C23H23F2N7O3/c1-13-4-20-16(9-34-13)23(10-24,31-22(26)35-20)15-5-14(2-3-17(15)25)6-19(33)18-7-29-21(8-28-18)32-12-27-11-30-32/h2-3,5,7-8,11-13,16,20H,4,6,9-10H2,1H3,(H2,26,31)/t13-,16+,20-,23-/m1/s1. The summed E-state index contributed by atoms with van der Waals surface area (Å²) in [5.41, 5.74) is 4.89. The summed E-state index contributed by atoms with van der Waals surface area (Å²) in [6, 6.07) is 3.95. The van der Waals surface area contributed by atoms with Crippen molar-refractivity contribution in [3.05, 3.63) is 65.9 Å². The lowest BCUT2D eigenvalue weighted by Gasteiger charge is -2.46. The maximum atomic E-state index is 15.1. The van der Waals surface area contributed by atoms with E-state index in [1.165, 1.54) is 47.9 Å². The molecule has 1 saturated heterocycles. The number of nitrogens with two attached hydrogens (primary N) is 1. The summed E-state index contributed by atoms with van der Waals surface area (Å²) in [4.78, 5) is 29.3. The summed E-state index contributed by atoms with van der Waals surface area (Å²) >= 11 is 0. The van der Waals surface area contributed by atoms with Crippen molar-refractivity contribution in [2.24, 2.45) is 16.6 Å². The van der Waals surface area contributed by atoms with Gasteiger partial charge in [-0.1, -0.05) is 6.07 Å². The third kappa shape index (κ3) is 4.25. The zero-order valence-corrected chi connectivity index (χ0v) is 18.8. The van der Waals surface area contributed by atoms with Crippen LogP contribution in [0.4, 0.5) is 8.78 Å². The molecule has 0 spiro atoms. The van der Waals surface area contributed by atoms with Crippen molar-refractivity contribution in [3.63, 3.8) is 0 Å². The van der Waals surface area contributed by atoms with Gasteiger partial charge in [0.15, 0.2) is 11.6 Å². The molecule has 5 rings (SSSR count). The predicted octanol–water partition coefficient (Wildman–Crippen LogP) is 1.93. The van der Waals surface area contributed by atoms with E-state index in [4.69, 9.17) is 15.2 Å². The second-order valence-corrected chi connectivity index (χ2v) is 8.66. The van der Waals surface area contributed by atoms with Crippen LogP contribution in [-0.4, -0.2) is 62.0 Å². The highest BCUT2D eigenvalue weighted by atomic mass is 19.1. The molecule has 3 aromatic rings. The number of hydrogen-bond donors (Lipinski definition) is 1. The molecule has 1 aromatic carbocycles. The lowest BCUT2D eigenvalue weighted by atomic mass is 9.73. The second-order valence-electron chi connectivity index (χ2n) is 8.66. The molecule has 35 heavy (non-hydrogen) atoms. The van der Waals surface area contributed by atoms with E-state index < -0.39 is 30.1 Å². The summed E-state index contributed by atoms with van der Waals surface area (Å²) in [6.07, 6.45) is 5.37. The summed E-state index contributed by atoms with van der Waals surface area (Å²) in [5.74, 6) is -1.16. The molecule has 0 amide bonds. The van der Waals surface area contributed by atoms with Crippen LogP contribution in [0.5, 0.6) is 0 Å². The van der Waals surface area contributed by atoms with Gasteiger partial charge in [-0.25, -0.2) is 33.4 Å². The first kappa shape index (κ1) is 23.0. The molecule has 12 heteroatoms. The van der Waals surface area contributed by atoms with E-state index >= 15 is 4.39 Å². The molecule has 0 aliphatic carbocycles. The second kappa shape index (κ2) is 9.10. The normalized spacial score (nSPS) is 25.9. The van der Waals surface area contributed by atoms with Gasteiger partial charge in [0, 0.05) is 18.4 Å². The van der Waals surface area contributed by atoms with Crippen molar-refractivity contribution in [2.45, 2.75) is 37.5 Å². The van der Waals surface area contributed by atoms with Crippen molar-refractivity contribution in [1.82, 2.24) is 24.7 Å². The van der Waals surface area contributed by atoms with E-state index in [9.17, 15) is 9.18 Å². The summed E-state index contributed by atoms with van der Waals surface area (Å²) in [6.45, 7) is 1.02. The van der Waals surface area contributed by atoms with Gasteiger partial charge in [-0.15, -0.1) is 0 Å². The van der Waals surface area contributed by atoms with Crippen molar-refractivity contribution in [2.75, 3.05) is 13.3 Å². The van der Waals surface area contributed by atoms with Gasteiger partial charge in [0.2, 0.25) is 0 Å². The Morgan fingerprint density at radius 2 is 2.17 bits per heavy atom. The van der Waals surface area contributed by atoms with Gasteiger partial charge in [-0.05, 0) is 24.6 Å². The number of alkyl halides is 1.